The molecule has 156 valence electrons. The molecule has 2 bridgehead atoms. The third kappa shape index (κ3) is 3.43. The molecule has 2 heterocycles. The van der Waals surface area contributed by atoms with Crippen LogP contribution in [0.25, 0.3) is 11.1 Å². The van der Waals surface area contributed by atoms with Gasteiger partial charge in [0.05, 0.1) is 6.04 Å². The molecule has 5 rings (SSSR count). The molecular formula is C26H29NO3. The van der Waals surface area contributed by atoms with Crippen LogP contribution in [0.5, 0.6) is 0 Å². The van der Waals surface area contributed by atoms with Gasteiger partial charge in [0.15, 0.2) is 0 Å². The second kappa shape index (κ2) is 8.27. The molecule has 1 amide bonds. The average molecular weight is 404 g/mol. The maximum absolute atomic E-state index is 13.1. The van der Waals surface area contributed by atoms with Crippen molar-refractivity contribution in [1.29, 1.82) is 0 Å². The van der Waals surface area contributed by atoms with Gasteiger partial charge in [0.2, 0.25) is 0 Å². The van der Waals surface area contributed by atoms with E-state index < -0.39 is 0 Å². The second-order valence-electron chi connectivity index (χ2n) is 8.64. The van der Waals surface area contributed by atoms with Crippen LogP contribution in [0.4, 0.5) is 4.79 Å². The van der Waals surface area contributed by atoms with Crippen molar-refractivity contribution in [3.63, 3.8) is 0 Å². The van der Waals surface area contributed by atoms with Crippen LogP contribution < -0.4 is 0 Å². The summed E-state index contributed by atoms with van der Waals surface area (Å²) in [5, 5.41) is 0. The third-order valence-corrected chi connectivity index (χ3v) is 6.87. The lowest BCUT2D eigenvalue weighted by Crippen LogP contribution is -2.43. The molecule has 0 N–H and O–H groups in total. The minimum Gasteiger partial charge on any atom is -0.448 e. The molecule has 4 heteroatoms. The van der Waals surface area contributed by atoms with Crippen molar-refractivity contribution in [2.45, 2.75) is 50.1 Å². The van der Waals surface area contributed by atoms with E-state index in [9.17, 15) is 4.79 Å². The summed E-state index contributed by atoms with van der Waals surface area (Å²) < 4.78 is 11.1. The Labute approximate surface area is 178 Å². The van der Waals surface area contributed by atoms with E-state index in [4.69, 9.17) is 9.47 Å². The number of benzene rings is 2. The van der Waals surface area contributed by atoms with Gasteiger partial charge in [0, 0.05) is 25.7 Å². The van der Waals surface area contributed by atoms with Crippen LogP contribution in [0.2, 0.25) is 0 Å². The Morgan fingerprint density at radius 1 is 1.03 bits per heavy atom. The lowest BCUT2D eigenvalue weighted by molar-refractivity contribution is 0.0847. The number of amides is 1. The Morgan fingerprint density at radius 3 is 2.40 bits per heavy atom. The van der Waals surface area contributed by atoms with Crippen molar-refractivity contribution >= 4 is 6.09 Å². The van der Waals surface area contributed by atoms with Gasteiger partial charge in [-0.15, -0.1) is 0 Å². The van der Waals surface area contributed by atoms with Gasteiger partial charge in [0.25, 0.3) is 0 Å². The number of rotatable bonds is 6. The number of carbonyl (C=O) groups is 1. The summed E-state index contributed by atoms with van der Waals surface area (Å²) in [6, 6.07) is 17.4. The lowest BCUT2D eigenvalue weighted by atomic mass is 9.97. The van der Waals surface area contributed by atoms with E-state index in [-0.39, 0.29) is 24.1 Å². The Morgan fingerprint density at radius 2 is 1.73 bits per heavy atom. The van der Waals surface area contributed by atoms with E-state index in [1.165, 1.54) is 27.8 Å². The molecule has 0 spiro atoms. The van der Waals surface area contributed by atoms with Gasteiger partial charge in [-0.1, -0.05) is 60.2 Å². The first-order valence-corrected chi connectivity index (χ1v) is 11.1. The van der Waals surface area contributed by atoms with Gasteiger partial charge >= 0.3 is 6.09 Å². The molecule has 2 atom stereocenters. The zero-order valence-corrected chi connectivity index (χ0v) is 17.5. The molecular weight excluding hydrogens is 374 g/mol. The number of hydrogen-bond acceptors (Lipinski definition) is 3. The Hall–Kier alpha value is -2.59. The summed E-state index contributed by atoms with van der Waals surface area (Å²) in [4.78, 5) is 15.1. The highest BCUT2D eigenvalue weighted by molar-refractivity contribution is 5.79. The molecule has 0 aromatic heterocycles. The predicted molar refractivity (Wildman–Crippen MR) is 118 cm³/mol. The summed E-state index contributed by atoms with van der Waals surface area (Å²) in [5.41, 5.74) is 6.51. The van der Waals surface area contributed by atoms with E-state index in [2.05, 4.69) is 54.6 Å². The monoisotopic (exact) mass is 403 g/mol. The number of hydrogen-bond donors (Lipinski definition) is 0. The maximum Gasteiger partial charge on any atom is 0.410 e. The first-order valence-electron chi connectivity index (χ1n) is 11.1. The van der Waals surface area contributed by atoms with E-state index in [1.54, 1.807) is 7.11 Å². The summed E-state index contributed by atoms with van der Waals surface area (Å²) in [5.74, 6) is 0.115. The SMILES string of the molecule is COCCCC1=CC2CCC(C1)N2C(=O)OCC1c2ccccc2-c2ccccc21. The number of methoxy groups -OCH3 is 1. The fourth-order valence-corrected chi connectivity index (χ4v) is 5.50. The molecule has 0 radical (unpaired) electrons. The van der Waals surface area contributed by atoms with Crippen LogP contribution in [0, 0.1) is 0 Å². The topological polar surface area (TPSA) is 38.8 Å². The fourth-order valence-electron chi connectivity index (χ4n) is 5.50. The number of carbonyl (C=O) groups excluding carboxylic acids is 1. The van der Waals surface area contributed by atoms with Crippen LogP contribution in [-0.2, 0) is 9.47 Å². The molecule has 1 fully saturated rings. The maximum atomic E-state index is 13.1. The third-order valence-electron chi connectivity index (χ3n) is 6.87. The van der Waals surface area contributed by atoms with Gasteiger partial charge < -0.3 is 9.47 Å². The number of ether oxygens (including phenoxy) is 2. The van der Waals surface area contributed by atoms with Crippen LogP contribution in [0.3, 0.4) is 0 Å². The molecule has 0 saturated carbocycles. The highest BCUT2D eigenvalue weighted by Gasteiger charge is 2.40. The molecule has 1 aliphatic carbocycles. The van der Waals surface area contributed by atoms with Crippen molar-refractivity contribution in [3.05, 3.63) is 71.3 Å². The zero-order chi connectivity index (χ0) is 20.5. The smallest absolute Gasteiger partial charge is 0.410 e. The molecule has 2 aromatic rings. The summed E-state index contributed by atoms with van der Waals surface area (Å²) in [7, 11) is 1.75. The van der Waals surface area contributed by atoms with Gasteiger partial charge in [0.1, 0.15) is 6.61 Å². The predicted octanol–water partition coefficient (Wildman–Crippen LogP) is 5.53. The Bertz CT molecular complexity index is 921. The second-order valence-corrected chi connectivity index (χ2v) is 8.64. The van der Waals surface area contributed by atoms with Crippen LogP contribution in [-0.4, -0.2) is 43.4 Å². The zero-order valence-electron chi connectivity index (χ0n) is 17.5. The fraction of sp³-hybridized carbons (Fsp3) is 0.423. The summed E-state index contributed by atoms with van der Waals surface area (Å²) >= 11 is 0. The van der Waals surface area contributed by atoms with Crippen molar-refractivity contribution in [2.75, 3.05) is 20.3 Å². The first kappa shape index (κ1) is 19.4. The van der Waals surface area contributed by atoms with Gasteiger partial charge in [-0.2, -0.15) is 0 Å². The van der Waals surface area contributed by atoms with Gasteiger partial charge in [-0.05, 0) is 54.4 Å². The Kier molecular flexibility index (Phi) is 5.34. The lowest BCUT2D eigenvalue weighted by Gasteiger charge is -2.33. The van der Waals surface area contributed by atoms with Crippen LogP contribution in [0.15, 0.2) is 60.2 Å². The molecule has 30 heavy (non-hydrogen) atoms. The molecule has 2 aromatic carbocycles. The molecule has 1 saturated heterocycles. The van der Waals surface area contributed by atoms with Gasteiger partial charge in [-0.25, -0.2) is 4.79 Å². The molecule has 3 aliphatic rings. The van der Waals surface area contributed by atoms with Gasteiger partial charge in [-0.3, -0.25) is 4.90 Å². The summed E-state index contributed by atoms with van der Waals surface area (Å²) in [6.45, 7) is 1.19. The highest BCUT2D eigenvalue weighted by atomic mass is 16.6. The minimum atomic E-state index is -0.156. The van der Waals surface area contributed by atoms with E-state index in [0.29, 0.717) is 6.61 Å². The molecule has 2 aliphatic heterocycles. The van der Waals surface area contributed by atoms with E-state index in [0.717, 1.165) is 38.7 Å². The summed E-state index contributed by atoms with van der Waals surface area (Å²) in [6.07, 6.45) is 7.36. The average Bonchev–Trinajstić information content (AvgIpc) is 3.24. The van der Waals surface area contributed by atoms with Crippen LogP contribution >= 0.6 is 0 Å². The molecule has 4 nitrogen and oxygen atoms in total. The largest absolute Gasteiger partial charge is 0.448 e. The van der Waals surface area contributed by atoms with Crippen molar-refractivity contribution in [3.8, 4) is 11.1 Å². The first-order chi connectivity index (χ1) is 14.8. The number of nitrogens with zero attached hydrogens (tertiary/aromatic N) is 1. The van der Waals surface area contributed by atoms with E-state index in [1.807, 2.05) is 4.90 Å². The van der Waals surface area contributed by atoms with E-state index >= 15 is 0 Å². The Balaban J connectivity index is 1.27. The van der Waals surface area contributed by atoms with Crippen molar-refractivity contribution < 1.29 is 14.3 Å². The van der Waals surface area contributed by atoms with Crippen LogP contribution in [0.1, 0.15) is 49.1 Å². The molecule has 2 unspecified atom stereocenters. The number of fused-ring (bicyclic) bond motifs is 5. The quantitative estimate of drug-likeness (QED) is 0.470. The normalized spacial score (nSPS) is 21.9. The minimum absolute atomic E-state index is 0.115. The standard InChI is InChI=1S/C26H29NO3/c1-29-14-6-7-18-15-19-12-13-20(16-18)27(19)26(28)30-17-25-23-10-4-2-8-21(23)22-9-3-5-11-24(22)25/h2-5,8-11,15,19-20,25H,6-7,12-14,16-17H2,1H3. The van der Waals surface area contributed by atoms with Crippen molar-refractivity contribution in [1.82, 2.24) is 4.90 Å². The van der Waals surface area contributed by atoms with Crippen molar-refractivity contribution in [2.24, 2.45) is 0 Å². The highest BCUT2D eigenvalue weighted by Crippen LogP contribution is 2.45.